The summed E-state index contributed by atoms with van der Waals surface area (Å²) in [4.78, 5) is 36.9. The summed E-state index contributed by atoms with van der Waals surface area (Å²) >= 11 is 0. The Morgan fingerprint density at radius 2 is 0.529 bits per heavy atom. The maximum atomic E-state index is 13.7. The van der Waals surface area contributed by atoms with Crippen LogP contribution >= 0.6 is 0 Å². The first kappa shape index (κ1) is 62.0. The second-order valence-corrected chi connectivity index (χ2v) is 20.6. The number of alkyl halides is 21. The zero-order valence-corrected chi connectivity index (χ0v) is 40.3. The Morgan fingerprint density at radius 1 is 0.371 bits per heavy atom. The van der Waals surface area contributed by atoms with Crippen LogP contribution in [0.1, 0.15) is 101 Å². The molecule has 0 aromatic heterocycles. The van der Waals surface area contributed by atoms with E-state index in [1.165, 1.54) is 20.8 Å². The summed E-state index contributed by atoms with van der Waals surface area (Å²) < 4.78 is 271. The Morgan fingerprint density at radius 3 is 0.643 bits per heavy atom. The molecular weight excluding hydrogens is 1150 g/mol. The van der Waals surface area contributed by atoms with Crippen LogP contribution in [0.5, 0.6) is 0 Å². The topological polar surface area (TPSA) is 112 Å². The molecule has 0 saturated heterocycles. The summed E-state index contributed by atoms with van der Waals surface area (Å²) in [5, 5.41) is 28.6. The molecule has 0 aromatic rings. The minimum atomic E-state index is -6.56. The average molecular weight is 1200 g/mol. The van der Waals surface area contributed by atoms with Crippen LogP contribution in [0.15, 0.2) is 34.0 Å². The molecule has 6 atom stereocenters. The van der Waals surface area contributed by atoms with Gasteiger partial charge in [-0.1, -0.05) is 62.3 Å². The molecule has 6 aliphatic carbocycles. The van der Waals surface area contributed by atoms with Gasteiger partial charge in [0.05, 0.1) is 0 Å². The molecule has 0 aliphatic heterocycles. The quantitative estimate of drug-likeness (QED) is 0.139. The van der Waals surface area contributed by atoms with Crippen molar-refractivity contribution in [2.45, 2.75) is 155 Å². The molecule has 1 radical (unpaired) electrons. The molecular formula is C42H45EuF21O6. The van der Waals surface area contributed by atoms with Gasteiger partial charge in [-0.25, -0.2) is 0 Å². The summed E-state index contributed by atoms with van der Waals surface area (Å²) in [5.41, 5.74) is -9.29. The Kier molecular flexibility index (Phi) is 15.2. The van der Waals surface area contributed by atoms with Crippen LogP contribution in [0, 0.1) is 99.6 Å². The fourth-order valence-electron chi connectivity index (χ4n) is 10.9. The van der Waals surface area contributed by atoms with Crippen molar-refractivity contribution in [3.8, 4) is 0 Å². The Hall–Kier alpha value is -2.26. The minimum absolute atomic E-state index is 0. The molecule has 6 bridgehead atoms. The van der Waals surface area contributed by atoms with Gasteiger partial charge in [0.1, 0.15) is 0 Å². The van der Waals surface area contributed by atoms with E-state index in [2.05, 4.69) is 0 Å². The van der Waals surface area contributed by atoms with E-state index in [0.29, 0.717) is 19.3 Å². The monoisotopic (exact) mass is 1200 g/mol. The number of allylic oxidation sites excluding steroid dienone is 6. The number of rotatable bonds is 6. The molecule has 6 aliphatic rings. The first-order chi connectivity index (χ1) is 30.1. The van der Waals surface area contributed by atoms with Crippen molar-refractivity contribution in [2.75, 3.05) is 0 Å². The Labute approximate surface area is 425 Å². The van der Waals surface area contributed by atoms with E-state index in [9.17, 15) is 122 Å². The number of hydrogen-bond acceptors (Lipinski definition) is 6. The van der Waals surface area contributed by atoms with Crippen LogP contribution < -0.4 is 0 Å². The smallest absolute Gasteiger partial charge is 0.460 e. The molecule has 6 fully saturated rings. The molecule has 0 heterocycles. The van der Waals surface area contributed by atoms with Crippen molar-refractivity contribution >= 4 is 17.3 Å². The van der Waals surface area contributed by atoms with Gasteiger partial charge in [0, 0.05) is 82.3 Å². The number of carbonyl (C=O) groups is 3. The van der Waals surface area contributed by atoms with E-state index < -0.39 is 156 Å². The van der Waals surface area contributed by atoms with E-state index in [-0.39, 0.29) is 68.6 Å². The average Bonchev–Trinajstić information content (AvgIpc) is 3.79. The van der Waals surface area contributed by atoms with Gasteiger partial charge in [0.15, 0.2) is 34.6 Å². The summed E-state index contributed by atoms with van der Waals surface area (Å²) in [5.74, 6) is -50.5. The normalized spacial score (nSPS) is 32.8. The SMILES string of the molecule is CC1(C)C2CC[C@@]1(C)C(=O)/C2=C(\O)C(F)(F)C(F)(F)C(F)(F)F.CC1(C)C2CC[C@@]1(C)C(=O)/C2=C(\O)C(F)(F)C(F)(F)C(F)(F)F.CC1(C)C2CC[C@@]1(C)C(=O)/C2=C(\O)C(F)(F)C(F)(F)C(F)(F)F.[Eu]. The van der Waals surface area contributed by atoms with Crippen molar-refractivity contribution < 1.29 is 171 Å². The molecule has 0 amide bonds. The molecule has 3 N–H and O–H groups in total. The van der Waals surface area contributed by atoms with E-state index in [1.54, 1.807) is 41.5 Å². The van der Waals surface area contributed by atoms with Crippen molar-refractivity contribution in [3.63, 3.8) is 0 Å². The predicted octanol–water partition coefficient (Wildman–Crippen LogP) is 14.0. The first-order valence-electron chi connectivity index (χ1n) is 20.5. The van der Waals surface area contributed by atoms with Crippen molar-refractivity contribution in [1.82, 2.24) is 0 Å². The molecule has 0 spiro atoms. The van der Waals surface area contributed by atoms with Crippen LogP contribution in [0.25, 0.3) is 0 Å². The second kappa shape index (κ2) is 17.1. The largest absolute Gasteiger partial charge is 0.506 e. The molecule has 70 heavy (non-hydrogen) atoms. The zero-order chi connectivity index (χ0) is 54.7. The summed E-state index contributed by atoms with van der Waals surface area (Å²) in [6, 6.07) is 0. The number of aliphatic hydroxyl groups excluding tert-OH is 3. The van der Waals surface area contributed by atoms with E-state index in [4.69, 9.17) is 0 Å². The maximum absolute atomic E-state index is 13.7. The number of Topliss-reactive ketones (excluding diaryl/α,β-unsaturated/α-hetero) is 3. The predicted molar refractivity (Wildman–Crippen MR) is 196 cm³/mol. The number of ketones is 3. The van der Waals surface area contributed by atoms with E-state index in [1.807, 2.05) is 0 Å². The van der Waals surface area contributed by atoms with Crippen LogP contribution in [0.3, 0.4) is 0 Å². The van der Waals surface area contributed by atoms with E-state index >= 15 is 0 Å². The molecule has 6 rings (SSSR count). The molecule has 0 aromatic carbocycles. The van der Waals surface area contributed by atoms with Crippen LogP contribution in [0.2, 0.25) is 0 Å². The van der Waals surface area contributed by atoms with Gasteiger partial charge in [-0.2, -0.15) is 92.2 Å². The summed E-state index contributed by atoms with van der Waals surface area (Å²) in [7, 11) is 0. The third-order valence-electron chi connectivity index (χ3n) is 16.9. The minimum Gasteiger partial charge on any atom is -0.506 e. The Bertz CT molecular complexity index is 2020. The zero-order valence-electron chi connectivity index (χ0n) is 37.9. The van der Waals surface area contributed by atoms with Gasteiger partial charge in [0.25, 0.3) is 0 Å². The van der Waals surface area contributed by atoms with Gasteiger partial charge in [0.2, 0.25) is 0 Å². The molecule has 403 valence electrons. The number of aliphatic hydroxyl groups is 3. The van der Waals surface area contributed by atoms with Gasteiger partial charge >= 0.3 is 54.1 Å². The van der Waals surface area contributed by atoms with Crippen LogP contribution in [-0.2, 0) is 14.4 Å². The third kappa shape index (κ3) is 7.90. The maximum Gasteiger partial charge on any atom is 0.460 e. The van der Waals surface area contributed by atoms with Crippen LogP contribution in [0.4, 0.5) is 92.2 Å². The summed E-state index contributed by atoms with van der Waals surface area (Å²) in [6.07, 6.45) is -18.3. The number of halogens is 21. The fraction of sp³-hybridized carbons (Fsp3) is 0.786. The second-order valence-electron chi connectivity index (χ2n) is 20.6. The van der Waals surface area contributed by atoms with Crippen molar-refractivity contribution in [3.05, 3.63) is 34.0 Å². The number of fused-ring (bicyclic) bond motifs is 6. The number of hydrogen-bond donors (Lipinski definition) is 3. The van der Waals surface area contributed by atoms with Gasteiger partial charge in [-0.05, 0) is 72.5 Å². The molecule has 6 nitrogen and oxygen atoms in total. The molecule has 6 saturated carbocycles. The van der Waals surface area contributed by atoms with Crippen LogP contribution in [-0.4, -0.2) is 86.7 Å². The van der Waals surface area contributed by atoms with Crippen molar-refractivity contribution in [1.29, 1.82) is 0 Å². The van der Waals surface area contributed by atoms with E-state index in [0.717, 1.165) is 0 Å². The third-order valence-corrected chi connectivity index (χ3v) is 16.9. The summed E-state index contributed by atoms with van der Waals surface area (Å²) in [6.45, 7) is 13.6. The standard InChI is InChI=1S/3C14H15F7O2.Eu/c3*1-10(2)6-4-5-11(10,3)8(22)7(6)9(23)12(15,16)13(17,18)14(19,20)21;/h3*6,23H,4-5H2,1-3H3;/b3*9-7-;/t3*6?,11-;/m000./s1. The molecule has 28 heteroatoms. The van der Waals surface area contributed by atoms with Gasteiger partial charge in [-0.15, -0.1) is 0 Å². The van der Waals surface area contributed by atoms with Crippen molar-refractivity contribution in [2.24, 2.45) is 50.2 Å². The fourth-order valence-corrected chi connectivity index (χ4v) is 10.9. The first-order valence-corrected chi connectivity index (χ1v) is 20.5. The van der Waals surface area contributed by atoms with Gasteiger partial charge in [-0.3, -0.25) is 14.4 Å². The number of carbonyl (C=O) groups excluding carboxylic acids is 3. The molecule has 3 unspecified atom stereocenters. The Balaban J connectivity index is 0.000000276. The van der Waals surface area contributed by atoms with Gasteiger partial charge < -0.3 is 15.3 Å².